The summed E-state index contributed by atoms with van der Waals surface area (Å²) in [6, 6.07) is 29.7. The van der Waals surface area contributed by atoms with Crippen molar-refractivity contribution in [2.24, 2.45) is 0 Å². The van der Waals surface area contributed by atoms with Gasteiger partial charge in [0.25, 0.3) is 0 Å². The maximum absolute atomic E-state index is 4.43. The molecule has 3 heteroatoms. The third-order valence-corrected chi connectivity index (χ3v) is 4.43. The van der Waals surface area contributed by atoms with Gasteiger partial charge in [0, 0.05) is 22.7 Å². The molecule has 1 aromatic heterocycles. The molecule has 2 N–H and O–H groups in total. The Morgan fingerprint density at radius 2 is 1.70 bits per heavy atom. The molecule has 0 aliphatic carbocycles. The van der Waals surface area contributed by atoms with Gasteiger partial charge in [-0.15, -0.1) is 0 Å². The number of fused-ring (bicyclic) bond motifs is 1. The molecule has 0 bridgehead atoms. The van der Waals surface area contributed by atoms with E-state index in [1.165, 1.54) is 10.9 Å². The summed E-state index contributed by atoms with van der Waals surface area (Å²) in [5.74, 6) is 0. The predicted molar refractivity (Wildman–Crippen MR) is 112 cm³/mol. The van der Waals surface area contributed by atoms with Gasteiger partial charge < -0.3 is 17.7 Å². The molecule has 1 atom stereocenters. The number of aromatic amines is 1. The van der Waals surface area contributed by atoms with Gasteiger partial charge in [-0.3, -0.25) is 0 Å². The zero-order chi connectivity index (χ0) is 17.1. The van der Waals surface area contributed by atoms with E-state index in [1.807, 2.05) is 36.5 Å². The molecular formula is C24H22CrN2. The molecule has 0 amide bonds. The first-order valence-electron chi connectivity index (χ1n) is 8.36. The fraction of sp³-hybridized carbons (Fsp3) is 0.0417. The van der Waals surface area contributed by atoms with Crippen molar-refractivity contribution in [3.63, 3.8) is 0 Å². The van der Waals surface area contributed by atoms with E-state index in [0.29, 0.717) is 0 Å². The summed E-state index contributed by atoms with van der Waals surface area (Å²) < 4.78 is 0. The van der Waals surface area contributed by atoms with Crippen LogP contribution in [-0.4, -0.2) is 4.98 Å². The van der Waals surface area contributed by atoms with Gasteiger partial charge in [0.1, 0.15) is 0 Å². The summed E-state index contributed by atoms with van der Waals surface area (Å²) in [6.45, 7) is 4.43. The summed E-state index contributed by atoms with van der Waals surface area (Å²) >= 11 is 0. The standard InChI is InChI=1S/C23H19N2.CH3.Cr/c1-17(21-16-24-22-15-9-8-14-20(21)22)23(18-10-4-2-5-11-18)25-19-12-6-3-7-13-19;;/h2-6,8-16,23-25H,1H2;1H3;/q2*-1;+2. The van der Waals surface area contributed by atoms with Crippen LogP contribution in [0, 0.1) is 13.5 Å². The molecule has 1 heterocycles. The molecule has 134 valence electrons. The quantitative estimate of drug-likeness (QED) is 0.386. The number of aromatic nitrogens is 1. The second-order valence-electron chi connectivity index (χ2n) is 6.05. The Hall–Kier alpha value is -2.73. The van der Waals surface area contributed by atoms with Crippen LogP contribution in [-0.2, 0) is 17.4 Å². The van der Waals surface area contributed by atoms with Crippen molar-refractivity contribution in [3.8, 4) is 0 Å². The monoisotopic (exact) mass is 390 g/mol. The van der Waals surface area contributed by atoms with Gasteiger partial charge in [-0.1, -0.05) is 60.8 Å². The van der Waals surface area contributed by atoms with Crippen LogP contribution in [0.25, 0.3) is 16.5 Å². The fourth-order valence-electron chi connectivity index (χ4n) is 3.16. The van der Waals surface area contributed by atoms with E-state index >= 15 is 0 Å². The van der Waals surface area contributed by atoms with Gasteiger partial charge in [-0.25, -0.2) is 0 Å². The van der Waals surface area contributed by atoms with Crippen molar-refractivity contribution in [2.45, 2.75) is 6.04 Å². The van der Waals surface area contributed by atoms with Gasteiger partial charge in [0.2, 0.25) is 0 Å². The molecule has 1 unspecified atom stereocenters. The average Bonchev–Trinajstić information content (AvgIpc) is 3.11. The minimum Gasteiger partial charge on any atom is -0.427 e. The molecule has 4 rings (SSSR count). The van der Waals surface area contributed by atoms with E-state index in [9.17, 15) is 0 Å². The van der Waals surface area contributed by atoms with Crippen LogP contribution in [0.5, 0.6) is 0 Å². The van der Waals surface area contributed by atoms with Crippen LogP contribution in [0.15, 0.2) is 91.6 Å². The van der Waals surface area contributed by atoms with Crippen LogP contribution in [0.1, 0.15) is 17.2 Å². The molecule has 0 aliphatic heterocycles. The Balaban J connectivity index is 0.00000131. The molecule has 3 aromatic carbocycles. The number of hydrogen-bond donors (Lipinski definition) is 2. The number of hydrogen-bond acceptors (Lipinski definition) is 1. The smallest absolute Gasteiger partial charge is 0.427 e. The van der Waals surface area contributed by atoms with Crippen LogP contribution < -0.4 is 5.32 Å². The first-order chi connectivity index (χ1) is 12.3. The van der Waals surface area contributed by atoms with E-state index in [4.69, 9.17) is 0 Å². The van der Waals surface area contributed by atoms with Gasteiger partial charge in [0.05, 0.1) is 6.04 Å². The Morgan fingerprint density at radius 1 is 0.963 bits per heavy atom. The number of benzene rings is 3. The Kier molecular flexibility index (Phi) is 7.07. The second-order valence-corrected chi connectivity index (χ2v) is 6.05. The summed E-state index contributed by atoms with van der Waals surface area (Å²) in [7, 11) is 0. The first kappa shape index (κ1) is 20.6. The number of rotatable bonds is 5. The normalized spacial score (nSPS) is 11.1. The number of anilines is 1. The number of nitrogens with one attached hydrogen (secondary N) is 2. The molecule has 0 aliphatic rings. The van der Waals surface area contributed by atoms with E-state index in [1.54, 1.807) is 0 Å². The molecule has 0 saturated heterocycles. The van der Waals surface area contributed by atoms with Crippen LogP contribution >= 0.6 is 0 Å². The van der Waals surface area contributed by atoms with Crippen LogP contribution in [0.3, 0.4) is 0 Å². The number of H-pyrrole nitrogens is 1. The predicted octanol–water partition coefficient (Wildman–Crippen LogP) is 6.28. The van der Waals surface area contributed by atoms with Gasteiger partial charge in [0.15, 0.2) is 0 Å². The third kappa shape index (κ3) is 4.34. The van der Waals surface area contributed by atoms with Crippen LogP contribution in [0.2, 0.25) is 0 Å². The summed E-state index contributed by atoms with van der Waals surface area (Å²) in [5, 5.41) is 4.79. The zero-order valence-electron chi connectivity index (χ0n) is 15.3. The minimum atomic E-state index is -0.0174. The van der Waals surface area contributed by atoms with Gasteiger partial charge >= 0.3 is 17.4 Å². The molecule has 0 fully saturated rings. The van der Waals surface area contributed by atoms with E-state index in [2.05, 4.69) is 71.5 Å². The fourth-order valence-corrected chi connectivity index (χ4v) is 3.16. The van der Waals surface area contributed by atoms with Crippen LogP contribution in [0.4, 0.5) is 5.69 Å². The van der Waals surface area contributed by atoms with Gasteiger partial charge in [-0.2, -0.15) is 30.3 Å². The van der Waals surface area contributed by atoms with Crippen molar-refractivity contribution in [3.05, 3.63) is 116 Å². The molecule has 4 aromatic rings. The SMILES string of the molecule is C=C(c1c[nH]c2ccccc12)C(Nc1c[c-]ccc1)c1ccccc1.[CH3-].[Cr+2]. The first-order valence-corrected chi connectivity index (χ1v) is 8.36. The molecular weight excluding hydrogens is 368 g/mol. The van der Waals surface area contributed by atoms with E-state index in [0.717, 1.165) is 22.3 Å². The topological polar surface area (TPSA) is 27.8 Å². The summed E-state index contributed by atoms with van der Waals surface area (Å²) in [5.41, 5.74) is 5.50. The molecule has 2 nitrogen and oxygen atoms in total. The minimum absolute atomic E-state index is 0. The van der Waals surface area contributed by atoms with Crippen molar-refractivity contribution in [2.75, 3.05) is 5.32 Å². The van der Waals surface area contributed by atoms with Crippen molar-refractivity contribution < 1.29 is 17.4 Å². The van der Waals surface area contributed by atoms with Crippen molar-refractivity contribution in [1.29, 1.82) is 0 Å². The van der Waals surface area contributed by atoms with E-state index < -0.39 is 0 Å². The second kappa shape index (κ2) is 9.28. The summed E-state index contributed by atoms with van der Waals surface area (Å²) in [6.07, 6.45) is 2.04. The number of para-hydroxylation sites is 1. The van der Waals surface area contributed by atoms with Crippen molar-refractivity contribution >= 4 is 22.2 Å². The Morgan fingerprint density at radius 3 is 2.44 bits per heavy atom. The molecule has 27 heavy (non-hydrogen) atoms. The maximum atomic E-state index is 4.43. The summed E-state index contributed by atoms with van der Waals surface area (Å²) in [4.78, 5) is 3.34. The molecule has 0 radical (unpaired) electrons. The van der Waals surface area contributed by atoms with E-state index in [-0.39, 0.29) is 30.8 Å². The Labute approximate surface area is 172 Å². The van der Waals surface area contributed by atoms with Crippen molar-refractivity contribution in [1.82, 2.24) is 4.98 Å². The maximum Gasteiger partial charge on any atom is 2.00 e. The average molecular weight is 390 g/mol. The largest absolute Gasteiger partial charge is 2.00 e. The molecule has 0 saturated carbocycles. The van der Waals surface area contributed by atoms with Gasteiger partial charge in [-0.05, 0) is 17.2 Å². The Bertz CT molecular complexity index is 991. The zero-order valence-corrected chi connectivity index (χ0v) is 16.6. The third-order valence-electron chi connectivity index (χ3n) is 4.43. The molecule has 0 spiro atoms.